The topological polar surface area (TPSA) is 53.7 Å². The summed E-state index contributed by atoms with van der Waals surface area (Å²) in [7, 11) is 0. The van der Waals surface area contributed by atoms with Gasteiger partial charge in [-0.15, -0.1) is 35.9 Å². The van der Waals surface area contributed by atoms with Crippen LogP contribution in [0.2, 0.25) is 0 Å². The van der Waals surface area contributed by atoms with Gasteiger partial charge in [-0.2, -0.15) is 12.1 Å². The molecule has 0 aliphatic heterocycles. The average molecular weight is 1120 g/mol. The van der Waals surface area contributed by atoms with Gasteiger partial charge in [0.05, 0.1) is 50.2 Å². The fourth-order valence-electron chi connectivity index (χ4n) is 10.4. The van der Waals surface area contributed by atoms with E-state index in [9.17, 15) is 0 Å². The molecular weight excluding hydrogens is 1080 g/mol. The molecule has 348 valence electrons. The number of imidazole rings is 1. The van der Waals surface area contributed by atoms with Crippen molar-refractivity contribution >= 4 is 54.6 Å². The quantitative estimate of drug-likeness (QED) is 0.107. The first-order chi connectivity index (χ1) is 35.7. The molecule has 0 saturated carbocycles. The summed E-state index contributed by atoms with van der Waals surface area (Å²) < 4.78 is 15.7. The van der Waals surface area contributed by atoms with E-state index in [1.54, 1.807) is 6.33 Å². The maximum atomic E-state index is 6.58. The third-order valence-electron chi connectivity index (χ3n) is 13.6. The molecule has 14 aromatic rings. The van der Waals surface area contributed by atoms with Crippen LogP contribution >= 0.6 is 0 Å². The van der Waals surface area contributed by atoms with Crippen LogP contribution in [0.15, 0.2) is 243 Å². The van der Waals surface area contributed by atoms with Crippen LogP contribution in [0.25, 0.3) is 111 Å². The van der Waals surface area contributed by atoms with Gasteiger partial charge in [0.15, 0.2) is 0 Å². The van der Waals surface area contributed by atoms with Crippen molar-refractivity contribution < 1.29 is 30.4 Å². The molecular formula is C65H40N6OPt-2. The molecule has 0 unspecified atom stereocenters. The number of fused-ring (bicyclic) bond motifs is 7. The zero-order valence-electron chi connectivity index (χ0n) is 39.0. The molecule has 0 amide bonds. The smallest absolute Gasteiger partial charge is 0.268 e. The Balaban J connectivity index is 0.00000516. The molecule has 0 fully saturated rings. The van der Waals surface area contributed by atoms with Crippen LogP contribution in [0.5, 0.6) is 11.5 Å². The van der Waals surface area contributed by atoms with Gasteiger partial charge in [-0.3, -0.25) is 9.55 Å². The van der Waals surface area contributed by atoms with Crippen LogP contribution in [0.3, 0.4) is 0 Å². The summed E-state index contributed by atoms with van der Waals surface area (Å²) in [5.41, 5.74) is 15.9. The molecule has 0 saturated heterocycles. The molecule has 0 atom stereocenters. The second-order valence-corrected chi connectivity index (χ2v) is 17.8. The van der Waals surface area contributed by atoms with Gasteiger partial charge in [-0.1, -0.05) is 170 Å². The maximum Gasteiger partial charge on any atom is 0.268 e. The van der Waals surface area contributed by atoms with Crippen molar-refractivity contribution in [2.75, 3.05) is 0 Å². The summed E-state index contributed by atoms with van der Waals surface area (Å²) in [6, 6.07) is 89.5. The fourth-order valence-corrected chi connectivity index (χ4v) is 10.4. The third-order valence-corrected chi connectivity index (χ3v) is 13.6. The molecule has 8 heteroatoms. The molecule has 14 rings (SSSR count). The van der Waals surface area contributed by atoms with E-state index < -0.39 is 0 Å². The Morgan fingerprint density at radius 3 is 1.49 bits per heavy atom. The monoisotopic (exact) mass is 1120 g/mol. The minimum absolute atomic E-state index is 0. The van der Waals surface area contributed by atoms with E-state index in [1.165, 1.54) is 27.1 Å². The largest absolute Gasteiger partial charge is 0.503 e. The first-order valence-electron chi connectivity index (χ1n) is 24.0. The SMILES string of the molecule is [Pt].[c-]1c(Oc2[c-]c(-n3[c-][n+](-c4c(-n5c6ccccc6c6ccccc65)cccc4-n4c5ccccc5c5ccccc54)c4ccccc43)ccc2)cccc1-c1cc(-c2ccc(-c3ccccc3)cc2)ncn1. The van der Waals surface area contributed by atoms with Gasteiger partial charge in [0.1, 0.15) is 12.0 Å². The van der Waals surface area contributed by atoms with Crippen LogP contribution in [-0.2, 0) is 21.1 Å². The van der Waals surface area contributed by atoms with Crippen LogP contribution < -0.4 is 9.30 Å². The number of nitrogens with zero attached hydrogens (tertiary/aromatic N) is 6. The van der Waals surface area contributed by atoms with E-state index in [2.05, 4.69) is 235 Å². The van der Waals surface area contributed by atoms with Gasteiger partial charge >= 0.3 is 0 Å². The van der Waals surface area contributed by atoms with Gasteiger partial charge in [0, 0.05) is 54.1 Å². The maximum absolute atomic E-state index is 6.58. The Hall–Kier alpha value is -9.16. The van der Waals surface area contributed by atoms with E-state index in [4.69, 9.17) is 4.74 Å². The number of rotatable bonds is 9. The molecule has 7 nitrogen and oxygen atoms in total. The Kier molecular flexibility index (Phi) is 10.9. The first kappa shape index (κ1) is 43.8. The number of benzene rings is 10. The van der Waals surface area contributed by atoms with Crippen LogP contribution in [-0.4, -0.2) is 23.7 Å². The van der Waals surface area contributed by atoms with Gasteiger partial charge < -0.3 is 18.4 Å². The molecule has 0 spiro atoms. The van der Waals surface area contributed by atoms with Crippen molar-refractivity contribution in [1.29, 1.82) is 0 Å². The second kappa shape index (κ2) is 18.2. The van der Waals surface area contributed by atoms with Crippen molar-refractivity contribution in [1.82, 2.24) is 23.7 Å². The van der Waals surface area contributed by atoms with E-state index in [0.29, 0.717) is 11.5 Å². The molecule has 0 aliphatic rings. The summed E-state index contributed by atoms with van der Waals surface area (Å²) in [5.74, 6) is 1.08. The van der Waals surface area contributed by atoms with Crippen molar-refractivity contribution in [3.63, 3.8) is 0 Å². The predicted molar refractivity (Wildman–Crippen MR) is 288 cm³/mol. The number of hydrogen-bond donors (Lipinski definition) is 0. The second-order valence-electron chi connectivity index (χ2n) is 17.8. The number of para-hydroxylation sites is 7. The van der Waals surface area contributed by atoms with E-state index in [0.717, 1.165) is 83.9 Å². The number of ether oxygens (including phenoxy) is 1. The van der Waals surface area contributed by atoms with Crippen molar-refractivity contribution in [2.45, 2.75) is 0 Å². The van der Waals surface area contributed by atoms with Crippen molar-refractivity contribution in [3.8, 4) is 67.9 Å². The van der Waals surface area contributed by atoms with Gasteiger partial charge in [-0.25, -0.2) is 4.98 Å². The third kappa shape index (κ3) is 7.52. The standard InChI is InChI=1S/C65H40N6O.Pt/c1-2-17-44(18-3-1)45-35-37-46(38-36-45)55-41-56(67-42-66-55)47-19-14-21-49(39-47)72-50-22-15-20-48(40-50)68-43-69(62-32-13-12-31-61(62)68)65-63(70-57-27-8-4-23-51(57)52-24-5-9-28-58(52)70)33-16-34-64(65)71-59-29-10-6-25-53(59)54-26-7-11-30-60(54)71;/h1-38,41-42H;/q-2;. The first-order valence-corrected chi connectivity index (χ1v) is 24.0. The predicted octanol–water partition coefficient (Wildman–Crippen LogP) is 15.1. The van der Waals surface area contributed by atoms with E-state index in [-0.39, 0.29) is 21.1 Å². The summed E-state index contributed by atoms with van der Waals surface area (Å²) in [4.78, 5) is 9.27. The summed E-state index contributed by atoms with van der Waals surface area (Å²) in [6.07, 6.45) is 5.47. The zero-order valence-corrected chi connectivity index (χ0v) is 41.3. The van der Waals surface area contributed by atoms with E-state index in [1.807, 2.05) is 48.5 Å². The molecule has 4 aromatic heterocycles. The minimum atomic E-state index is 0. The summed E-state index contributed by atoms with van der Waals surface area (Å²) in [5, 5.41) is 4.77. The molecule has 10 aromatic carbocycles. The zero-order chi connectivity index (χ0) is 47.5. The normalized spacial score (nSPS) is 11.5. The molecule has 4 heterocycles. The minimum Gasteiger partial charge on any atom is -0.503 e. The average Bonchev–Trinajstić information content (AvgIpc) is 4.12. The van der Waals surface area contributed by atoms with Crippen molar-refractivity contribution in [3.05, 3.63) is 261 Å². The van der Waals surface area contributed by atoms with Crippen molar-refractivity contribution in [2.24, 2.45) is 0 Å². The Bertz CT molecular complexity index is 4140. The number of aromatic nitrogens is 6. The van der Waals surface area contributed by atoms with Gasteiger partial charge in [0.25, 0.3) is 6.33 Å². The molecule has 0 aliphatic carbocycles. The summed E-state index contributed by atoms with van der Waals surface area (Å²) in [6.45, 7) is 0. The Morgan fingerprint density at radius 2 is 0.877 bits per heavy atom. The fraction of sp³-hybridized carbons (Fsp3) is 0. The molecule has 0 N–H and O–H groups in total. The molecule has 73 heavy (non-hydrogen) atoms. The summed E-state index contributed by atoms with van der Waals surface area (Å²) >= 11 is 0. The van der Waals surface area contributed by atoms with Gasteiger partial charge in [0.2, 0.25) is 0 Å². The van der Waals surface area contributed by atoms with Crippen LogP contribution in [0.1, 0.15) is 0 Å². The van der Waals surface area contributed by atoms with Gasteiger partial charge in [-0.05, 0) is 64.5 Å². The Morgan fingerprint density at radius 1 is 0.397 bits per heavy atom. The van der Waals surface area contributed by atoms with Crippen LogP contribution in [0.4, 0.5) is 0 Å². The Labute approximate surface area is 435 Å². The molecule has 0 radical (unpaired) electrons. The molecule has 0 bridgehead atoms. The van der Waals surface area contributed by atoms with Crippen LogP contribution in [0, 0.1) is 18.5 Å². The number of hydrogen-bond acceptors (Lipinski definition) is 3. The van der Waals surface area contributed by atoms with E-state index >= 15 is 0 Å².